The molecular formula is C15H15BrN2O3. The minimum Gasteiger partial charge on any atom is -0.507 e. The maximum Gasteiger partial charge on any atom is 0.257 e. The Kier molecular flexibility index (Phi) is 4.80. The van der Waals surface area contributed by atoms with Crippen molar-refractivity contribution in [3.8, 4) is 5.75 Å². The fourth-order valence-corrected chi connectivity index (χ4v) is 2.30. The molecule has 0 saturated carbocycles. The lowest BCUT2D eigenvalue weighted by atomic mass is 10.1. The fourth-order valence-electron chi connectivity index (χ4n) is 1.98. The number of aromatic hydroxyl groups is 1. The zero-order valence-corrected chi connectivity index (χ0v) is 12.9. The Bertz CT molecular complexity index is 625. The molecule has 6 heteroatoms. The summed E-state index contributed by atoms with van der Waals surface area (Å²) in [6.45, 7) is 4.44. The summed E-state index contributed by atoms with van der Waals surface area (Å²) in [4.78, 5) is 25.3. The average Bonchev–Trinajstić information content (AvgIpc) is 2.49. The third-order valence-corrected chi connectivity index (χ3v) is 3.84. The van der Waals surface area contributed by atoms with Crippen LogP contribution in [0.3, 0.4) is 0 Å². The van der Waals surface area contributed by atoms with E-state index in [4.69, 9.17) is 0 Å². The van der Waals surface area contributed by atoms with Gasteiger partial charge in [0.25, 0.3) is 5.91 Å². The van der Waals surface area contributed by atoms with E-state index in [-0.39, 0.29) is 23.1 Å². The van der Waals surface area contributed by atoms with Gasteiger partial charge >= 0.3 is 0 Å². The van der Waals surface area contributed by atoms with E-state index in [0.717, 1.165) is 17.0 Å². The van der Waals surface area contributed by atoms with Gasteiger partial charge in [-0.1, -0.05) is 28.6 Å². The number of carbonyl (C=O) groups excluding carboxylic acids is 2. The van der Waals surface area contributed by atoms with E-state index < -0.39 is 0 Å². The van der Waals surface area contributed by atoms with E-state index in [2.05, 4.69) is 27.8 Å². The molecular weight excluding hydrogens is 336 g/mol. The van der Waals surface area contributed by atoms with Crippen molar-refractivity contribution in [3.05, 3.63) is 47.0 Å². The van der Waals surface area contributed by atoms with Gasteiger partial charge in [0.2, 0.25) is 5.91 Å². The number of amides is 2. The first-order valence-corrected chi connectivity index (χ1v) is 7.21. The van der Waals surface area contributed by atoms with Crippen LogP contribution in [0.4, 0.5) is 5.69 Å². The second-order valence-electron chi connectivity index (χ2n) is 4.58. The predicted molar refractivity (Wildman–Crippen MR) is 84.5 cm³/mol. The van der Waals surface area contributed by atoms with Crippen LogP contribution in [0.2, 0.25) is 0 Å². The third kappa shape index (κ3) is 3.72. The molecule has 0 saturated heterocycles. The molecule has 2 N–H and O–H groups in total. The molecule has 0 bridgehead atoms. The summed E-state index contributed by atoms with van der Waals surface area (Å²) in [7, 11) is 0. The van der Waals surface area contributed by atoms with Gasteiger partial charge < -0.3 is 15.3 Å². The van der Waals surface area contributed by atoms with E-state index >= 15 is 0 Å². The van der Waals surface area contributed by atoms with E-state index in [1.165, 1.54) is 18.2 Å². The van der Waals surface area contributed by atoms with Gasteiger partial charge in [-0.15, -0.1) is 0 Å². The molecule has 0 atom stereocenters. The zero-order chi connectivity index (χ0) is 15.4. The maximum atomic E-state index is 12.4. The molecule has 1 heterocycles. The highest BCUT2D eigenvalue weighted by molar-refractivity contribution is 9.11. The Labute approximate surface area is 131 Å². The molecule has 0 unspecified atom stereocenters. The fraction of sp³-hybridized carbons (Fsp3) is 0.200. The zero-order valence-electron chi connectivity index (χ0n) is 11.3. The summed E-state index contributed by atoms with van der Waals surface area (Å²) in [6, 6.07) is 4.38. The number of phenols is 1. The Hall–Kier alpha value is -2.08. The van der Waals surface area contributed by atoms with Gasteiger partial charge in [-0.05, 0) is 35.2 Å². The molecule has 0 aliphatic carbocycles. The van der Waals surface area contributed by atoms with Gasteiger partial charge in [0.1, 0.15) is 5.75 Å². The van der Waals surface area contributed by atoms with Gasteiger partial charge in [-0.2, -0.15) is 0 Å². The second kappa shape index (κ2) is 6.58. The first-order valence-electron chi connectivity index (χ1n) is 6.41. The van der Waals surface area contributed by atoms with Crippen LogP contribution in [0.1, 0.15) is 16.8 Å². The highest BCUT2D eigenvalue weighted by atomic mass is 79.9. The number of halogens is 1. The molecule has 0 fully saturated rings. The molecule has 1 aromatic rings. The van der Waals surface area contributed by atoms with Crippen LogP contribution in [0.15, 0.2) is 41.4 Å². The number of rotatable bonds is 3. The van der Waals surface area contributed by atoms with Crippen LogP contribution >= 0.6 is 15.9 Å². The number of hydrogen-bond acceptors (Lipinski definition) is 3. The predicted octanol–water partition coefficient (Wildman–Crippen LogP) is 2.64. The summed E-state index contributed by atoms with van der Waals surface area (Å²) >= 11 is 3.40. The lowest BCUT2D eigenvalue weighted by Gasteiger charge is -2.25. The minimum absolute atomic E-state index is 0.106. The van der Waals surface area contributed by atoms with Crippen LogP contribution in [-0.2, 0) is 4.79 Å². The quantitative estimate of drug-likeness (QED) is 0.650. The minimum atomic E-state index is -0.371. The Morgan fingerprint density at radius 2 is 2.19 bits per heavy atom. The Morgan fingerprint density at radius 1 is 1.43 bits per heavy atom. The van der Waals surface area contributed by atoms with Crippen molar-refractivity contribution in [2.75, 3.05) is 18.4 Å². The van der Waals surface area contributed by atoms with Crippen molar-refractivity contribution in [1.29, 1.82) is 0 Å². The topological polar surface area (TPSA) is 69.6 Å². The maximum absolute atomic E-state index is 12.4. The van der Waals surface area contributed by atoms with Crippen molar-refractivity contribution in [1.82, 2.24) is 4.90 Å². The second-order valence-corrected chi connectivity index (χ2v) is 5.60. The lowest BCUT2D eigenvalue weighted by molar-refractivity contribution is -0.111. The molecule has 5 nitrogen and oxygen atoms in total. The monoisotopic (exact) mass is 350 g/mol. The summed E-state index contributed by atoms with van der Waals surface area (Å²) in [6.07, 6.45) is 3.81. The molecule has 1 aliphatic rings. The van der Waals surface area contributed by atoms with Crippen molar-refractivity contribution >= 4 is 33.4 Å². The standard InChI is InChI=1S/C15H15BrN2O3/c1-2-14(20)17-11-3-4-13(19)12(9-11)15(21)18-7-5-10(16)6-8-18/h2-5,9,19H,1,6-8H2,(H,17,20). The summed E-state index contributed by atoms with van der Waals surface area (Å²) in [5.74, 6) is -0.743. The summed E-state index contributed by atoms with van der Waals surface area (Å²) in [5.41, 5.74) is 0.609. The Balaban J connectivity index is 2.22. The van der Waals surface area contributed by atoms with Gasteiger partial charge in [0, 0.05) is 18.8 Å². The largest absolute Gasteiger partial charge is 0.507 e. The number of anilines is 1. The average molecular weight is 351 g/mol. The molecule has 1 aliphatic heterocycles. The van der Waals surface area contributed by atoms with Crippen molar-refractivity contribution in [3.63, 3.8) is 0 Å². The van der Waals surface area contributed by atoms with Crippen molar-refractivity contribution in [2.45, 2.75) is 6.42 Å². The number of carbonyl (C=O) groups is 2. The van der Waals surface area contributed by atoms with E-state index in [1.54, 1.807) is 4.90 Å². The van der Waals surface area contributed by atoms with Crippen LogP contribution < -0.4 is 5.32 Å². The number of phenolic OH excluding ortho intramolecular Hbond substituents is 1. The van der Waals surface area contributed by atoms with Crippen molar-refractivity contribution < 1.29 is 14.7 Å². The molecule has 1 aromatic carbocycles. The molecule has 2 amide bonds. The smallest absolute Gasteiger partial charge is 0.257 e. The van der Waals surface area contributed by atoms with Crippen molar-refractivity contribution in [2.24, 2.45) is 0 Å². The highest BCUT2D eigenvalue weighted by Gasteiger charge is 2.21. The van der Waals surface area contributed by atoms with Gasteiger partial charge in [-0.3, -0.25) is 9.59 Å². The van der Waals surface area contributed by atoms with E-state index in [9.17, 15) is 14.7 Å². The van der Waals surface area contributed by atoms with Gasteiger partial charge in [0.05, 0.1) is 5.56 Å². The van der Waals surface area contributed by atoms with Crippen LogP contribution in [0.25, 0.3) is 0 Å². The first-order chi connectivity index (χ1) is 10.0. The molecule has 21 heavy (non-hydrogen) atoms. The van der Waals surface area contributed by atoms with Crippen LogP contribution in [0.5, 0.6) is 5.75 Å². The van der Waals surface area contributed by atoms with Crippen LogP contribution in [0, 0.1) is 0 Å². The highest BCUT2D eigenvalue weighted by Crippen LogP contribution is 2.25. The number of benzene rings is 1. The SMILES string of the molecule is C=CC(=O)Nc1ccc(O)c(C(=O)N2CC=C(Br)CC2)c1. The lowest BCUT2D eigenvalue weighted by Crippen LogP contribution is -2.34. The third-order valence-electron chi connectivity index (χ3n) is 3.12. The summed E-state index contributed by atoms with van der Waals surface area (Å²) < 4.78 is 1.07. The molecule has 0 aromatic heterocycles. The molecule has 0 radical (unpaired) electrons. The van der Waals surface area contributed by atoms with E-state index in [1.807, 2.05) is 6.08 Å². The Morgan fingerprint density at radius 3 is 2.81 bits per heavy atom. The molecule has 0 spiro atoms. The summed E-state index contributed by atoms with van der Waals surface area (Å²) in [5, 5.41) is 12.4. The molecule has 110 valence electrons. The van der Waals surface area contributed by atoms with Crippen LogP contribution in [-0.4, -0.2) is 34.9 Å². The number of nitrogens with one attached hydrogen (secondary N) is 1. The molecule has 2 rings (SSSR count). The number of nitrogens with zero attached hydrogens (tertiary/aromatic N) is 1. The normalized spacial score (nSPS) is 14.3. The first kappa shape index (κ1) is 15.3. The number of hydrogen-bond donors (Lipinski definition) is 2. The van der Waals surface area contributed by atoms with E-state index in [0.29, 0.717) is 18.8 Å². The van der Waals surface area contributed by atoms with Gasteiger partial charge in [-0.25, -0.2) is 0 Å². The van der Waals surface area contributed by atoms with Gasteiger partial charge in [0.15, 0.2) is 0 Å².